The van der Waals surface area contributed by atoms with Crippen LogP contribution in [0.4, 0.5) is 10.2 Å². The summed E-state index contributed by atoms with van der Waals surface area (Å²) >= 11 is 2.71. The van der Waals surface area contributed by atoms with Crippen LogP contribution in [0.25, 0.3) is 25.9 Å². The Labute approximate surface area is 196 Å². The molecule has 3 heterocycles. The number of nitrogens with zero attached hydrogens (tertiary/aromatic N) is 4. The van der Waals surface area contributed by atoms with E-state index in [1.165, 1.54) is 34.8 Å². The van der Waals surface area contributed by atoms with Crippen LogP contribution in [0.1, 0.15) is 21.1 Å². The van der Waals surface area contributed by atoms with Gasteiger partial charge in [0.05, 0.1) is 28.7 Å². The number of carbonyl (C=O) groups is 1. The topological polar surface area (TPSA) is 81.9 Å². The Hall–Kier alpha value is -3.63. The molecular weight excluding hydrogens is 461 g/mol. The lowest BCUT2D eigenvalue weighted by atomic mass is 10.2. The minimum Gasteiger partial charge on any atom is -0.497 e. The lowest BCUT2D eigenvalue weighted by molar-refractivity contribution is 0.102. The molecule has 0 saturated carbocycles. The van der Waals surface area contributed by atoms with Gasteiger partial charge >= 0.3 is 0 Å². The van der Waals surface area contributed by atoms with Gasteiger partial charge in [-0.15, -0.1) is 11.3 Å². The maximum absolute atomic E-state index is 13.2. The number of aromatic nitrogens is 4. The Morgan fingerprint density at radius 3 is 2.61 bits per heavy atom. The molecule has 7 nitrogen and oxygen atoms in total. The quantitative estimate of drug-likeness (QED) is 0.354. The highest BCUT2D eigenvalue weighted by Gasteiger charge is 2.20. The fourth-order valence-electron chi connectivity index (χ4n) is 3.34. The van der Waals surface area contributed by atoms with E-state index in [9.17, 15) is 9.18 Å². The van der Waals surface area contributed by atoms with Crippen LogP contribution in [-0.2, 0) is 0 Å². The molecule has 166 valence electrons. The van der Waals surface area contributed by atoms with Gasteiger partial charge in [-0.25, -0.2) is 14.4 Å². The van der Waals surface area contributed by atoms with E-state index < -0.39 is 0 Å². The highest BCUT2D eigenvalue weighted by molar-refractivity contribution is 7.20. The molecule has 0 spiro atoms. The Morgan fingerprint density at radius 1 is 1.06 bits per heavy atom. The van der Waals surface area contributed by atoms with Crippen molar-refractivity contribution < 1.29 is 13.9 Å². The monoisotopic (exact) mass is 479 g/mol. The molecule has 10 heteroatoms. The molecule has 5 rings (SSSR count). The maximum atomic E-state index is 13.2. The first kappa shape index (κ1) is 21.2. The third-order valence-corrected chi connectivity index (χ3v) is 7.13. The van der Waals surface area contributed by atoms with E-state index >= 15 is 0 Å². The van der Waals surface area contributed by atoms with Crippen LogP contribution in [0.3, 0.4) is 0 Å². The number of anilines is 1. The molecule has 2 aromatic carbocycles. The summed E-state index contributed by atoms with van der Waals surface area (Å²) in [5.41, 5.74) is 2.93. The van der Waals surface area contributed by atoms with Crippen molar-refractivity contribution in [3.8, 4) is 21.5 Å². The number of rotatable bonds is 5. The fourth-order valence-corrected chi connectivity index (χ4v) is 5.27. The lowest BCUT2D eigenvalue weighted by Crippen LogP contribution is -2.14. The summed E-state index contributed by atoms with van der Waals surface area (Å²) in [6.07, 6.45) is 0. The van der Waals surface area contributed by atoms with Gasteiger partial charge in [-0.1, -0.05) is 11.3 Å². The normalized spacial score (nSPS) is 11.2. The molecule has 0 unspecified atom stereocenters. The van der Waals surface area contributed by atoms with E-state index in [0.29, 0.717) is 26.5 Å². The van der Waals surface area contributed by atoms with Gasteiger partial charge in [0.2, 0.25) is 5.13 Å². The number of ether oxygens (including phenoxy) is 1. The first-order valence-corrected chi connectivity index (χ1v) is 11.6. The second kappa shape index (κ2) is 8.38. The molecule has 3 aromatic heterocycles. The predicted molar refractivity (Wildman–Crippen MR) is 128 cm³/mol. The van der Waals surface area contributed by atoms with E-state index in [-0.39, 0.29) is 11.7 Å². The standard InChI is InChI=1S/C23H18FN5O2S2/c1-12-10-19(29(28-12)23-26-17-9-8-16(31-3)11-18(17)32-23)27-21(30)20-13(2)25-22(33-20)14-4-6-15(24)7-5-14/h4-11H,1-3H3,(H,27,30). The zero-order valence-corrected chi connectivity index (χ0v) is 19.6. The van der Waals surface area contributed by atoms with Gasteiger partial charge in [-0.05, 0) is 56.3 Å². The Balaban J connectivity index is 1.45. The smallest absolute Gasteiger partial charge is 0.268 e. The van der Waals surface area contributed by atoms with Crippen molar-refractivity contribution >= 4 is 44.6 Å². The number of benzene rings is 2. The summed E-state index contributed by atoms with van der Waals surface area (Å²) in [4.78, 5) is 22.7. The van der Waals surface area contributed by atoms with Crippen LogP contribution < -0.4 is 10.1 Å². The first-order valence-electron chi connectivity index (χ1n) is 9.97. The molecule has 0 bridgehead atoms. The number of nitrogens with one attached hydrogen (secondary N) is 1. The van der Waals surface area contributed by atoms with Gasteiger partial charge in [0, 0.05) is 11.6 Å². The molecule has 0 aliphatic rings. The van der Waals surface area contributed by atoms with Crippen molar-refractivity contribution in [2.45, 2.75) is 13.8 Å². The zero-order valence-electron chi connectivity index (χ0n) is 17.9. The van der Waals surface area contributed by atoms with Gasteiger partial charge in [0.15, 0.2) is 0 Å². The first-order chi connectivity index (χ1) is 15.9. The Bertz CT molecular complexity index is 1490. The average Bonchev–Trinajstić information content (AvgIpc) is 3.49. The molecule has 5 aromatic rings. The fraction of sp³-hybridized carbons (Fsp3) is 0.130. The number of hydrogen-bond acceptors (Lipinski definition) is 7. The number of methoxy groups -OCH3 is 1. The van der Waals surface area contributed by atoms with Crippen molar-refractivity contribution in [2.24, 2.45) is 0 Å². The lowest BCUT2D eigenvalue weighted by Gasteiger charge is -2.05. The largest absolute Gasteiger partial charge is 0.497 e. The van der Waals surface area contributed by atoms with Gasteiger partial charge in [-0.3, -0.25) is 4.79 Å². The zero-order chi connectivity index (χ0) is 23.1. The van der Waals surface area contributed by atoms with Crippen LogP contribution in [0.2, 0.25) is 0 Å². The number of amides is 1. The van der Waals surface area contributed by atoms with Crippen LogP contribution in [0.15, 0.2) is 48.5 Å². The highest BCUT2D eigenvalue weighted by Crippen LogP contribution is 2.31. The number of thiazole rings is 2. The summed E-state index contributed by atoms with van der Waals surface area (Å²) in [7, 11) is 1.62. The number of halogens is 1. The van der Waals surface area contributed by atoms with E-state index in [1.54, 1.807) is 36.9 Å². The molecule has 0 aliphatic heterocycles. The van der Waals surface area contributed by atoms with Gasteiger partial charge < -0.3 is 10.1 Å². The molecule has 0 radical (unpaired) electrons. The van der Waals surface area contributed by atoms with E-state index in [2.05, 4.69) is 20.4 Å². The Morgan fingerprint density at radius 2 is 1.85 bits per heavy atom. The van der Waals surface area contributed by atoms with Crippen LogP contribution in [0, 0.1) is 19.7 Å². The van der Waals surface area contributed by atoms with Crippen LogP contribution in [0.5, 0.6) is 5.75 Å². The van der Waals surface area contributed by atoms with Crippen molar-refractivity contribution in [1.82, 2.24) is 19.7 Å². The summed E-state index contributed by atoms with van der Waals surface area (Å²) in [6, 6.07) is 13.5. The van der Waals surface area contributed by atoms with Gasteiger partial charge in [0.25, 0.3) is 5.91 Å². The molecule has 1 N–H and O–H groups in total. The van der Waals surface area contributed by atoms with Gasteiger partial charge in [0.1, 0.15) is 27.3 Å². The number of fused-ring (bicyclic) bond motifs is 1. The number of aryl methyl sites for hydroxylation is 2. The third-order valence-electron chi connectivity index (χ3n) is 4.93. The van der Waals surface area contributed by atoms with Gasteiger partial charge in [-0.2, -0.15) is 9.78 Å². The van der Waals surface area contributed by atoms with Crippen LogP contribution >= 0.6 is 22.7 Å². The van der Waals surface area contributed by atoms with Crippen molar-refractivity contribution in [3.63, 3.8) is 0 Å². The molecule has 0 saturated heterocycles. The second-order valence-electron chi connectivity index (χ2n) is 7.31. The summed E-state index contributed by atoms with van der Waals surface area (Å²) < 4.78 is 21.1. The number of hydrogen-bond donors (Lipinski definition) is 1. The van der Waals surface area contributed by atoms with E-state index in [0.717, 1.165) is 27.2 Å². The van der Waals surface area contributed by atoms with Crippen LogP contribution in [-0.4, -0.2) is 32.8 Å². The summed E-state index contributed by atoms with van der Waals surface area (Å²) in [5, 5.41) is 8.75. The van der Waals surface area contributed by atoms with E-state index in [1.807, 2.05) is 25.1 Å². The predicted octanol–water partition coefficient (Wildman–Crippen LogP) is 5.62. The van der Waals surface area contributed by atoms with Crippen molar-refractivity contribution in [3.05, 3.63) is 70.6 Å². The molecule has 0 fully saturated rings. The van der Waals surface area contributed by atoms with Crippen molar-refractivity contribution in [2.75, 3.05) is 12.4 Å². The highest BCUT2D eigenvalue weighted by atomic mass is 32.1. The van der Waals surface area contributed by atoms with E-state index in [4.69, 9.17) is 4.74 Å². The Kier molecular flexibility index (Phi) is 5.39. The minimum atomic E-state index is -0.318. The third kappa shape index (κ3) is 4.10. The molecule has 1 amide bonds. The molecule has 0 aliphatic carbocycles. The maximum Gasteiger partial charge on any atom is 0.268 e. The second-order valence-corrected chi connectivity index (χ2v) is 9.32. The summed E-state index contributed by atoms with van der Waals surface area (Å²) in [6.45, 7) is 3.63. The minimum absolute atomic E-state index is 0.290. The molecular formula is C23H18FN5O2S2. The summed E-state index contributed by atoms with van der Waals surface area (Å²) in [5.74, 6) is 0.657. The SMILES string of the molecule is COc1ccc2nc(-n3nc(C)cc3NC(=O)c3sc(-c4ccc(F)cc4)nc3C)sc2c1. The van der Waals surface area contributed by atoms with Crippen molar-refractivity contribution in [1.29, 1.82) is 0 Å². The molecule has 0 atom stereocenters. The molecule has 33 heavy (non-hydrogen) atoms. The number of carbonyl (C=O) groups excluding carboxylic acids is 1. The average molecular weight is 480 g/mol.